The normalized spacial score (nSPS) is 17.5. The zero-order valence-electron chi connectivity index (χ0n) is 35.2. The number of aliphatic imine (C=N–C) groups is 1. The molecule has 1 aliphatic carbocycles. The molecule has 0 aromatic heterocycles. The zero-order chi connectivity index (χ0) is 40.2. The van der Waals surface area contributed by atoms with Gasteiger partial charge in [-0.05, 0) is 112 Å². The van der Waals surface area contributed by atoms with Crippen molar-refractivity contribution < 1.29 is 14.7 Å². The molecular formula is C47H73N3O3. The van der Waals surface area contributed by atoms with Gasteiger partial charge < -0.3 is 15.7 Å². The van der Waals surface area contributed by atoms with Crippen LogP contribution < -0.4 is 5.73 Å². The van der Waals surface area contributed by atoms with Gasteiger partial charge in [-0.15, -0.1) is 0 Å². The van der Waals surface area contributed by atoms with E-state index in [0.717, 1.165) is 67.0 Å². The average Bonchev–Trinajstić information content (AvgIpc) is 3.98. The molecule has 2 aliphatic rings. The van der Waals surface area contributed by atoms with Crippen molar-refractivity contribution in [3.8, 4) is 0 Å². The molecule has 0 saturated heterocycles. The highest BCUT2D eigenvalue weighted by Crippen LogP contribution is 2.39. The van der Waals surface area contributed by atoms with E-state index >= 15 is 0 Å². The number of hydrogen-bond acceptors (Lipinski definition) is 6. The van der Waals surface area contributed by atoms with Crippen LogP contribution in [0.15, 0.2) is 95.6 Å². The van der Waals surface area contributed by atoms with Crippen LogP contribution in [0.3, 0.4) is 0 Å². The standard InChI is InChI=1S/C30H45N3O.C13H20.C4H8O2/c1-9-21(5)19-27(12-11-20(3)4)23(7)33-18-17-32-30(31)29(33)28(22(6)10-2)26-15-13-25(14-16-26)24(8)34;1-4-6-7-13(12-8-9-12)10-11(3)5-2;1-3(5)4(2)6/h13-18,20-22,27H,7,9-12,19H2,1-6,8H3,(H2,31,32);6-7,10,12H,3-5,8-9H2,1-2H3;3,5H,1-2H3/b29-28+;7-6-,13-10+;. The predicted molar refractivity (Wildman–Crippen MR) is 228 cm³/mol. The van der Waals surface area contributed by atoms with E-state index in [1.165, 1.54) is 44.3 Å². The van der Waals surface area contributed by atoms with Gasteiger partial charge in [0.25, 0.3) is 0 Å². The molecule has 4 atom stereocenters. The number of aliphatic hydroxyl groups is 1. The Labute approximate surface area is 323 Å². The fourth-order valence-electron chi connectivity index (χ4n) is 5.80. The quantitative estimate of drug-likeness (QED) is 0.116. The molecule has 0 bridgehead atoms. The Morgan fingerprint density at radius 2 is 1.55 bits per heavy atom. The van der Waals surface area contributed by atoms with Crippen LogP contribution in [-0.2, 0) is 4.79 Å². The Morgan fingerprint density at radius 1 is 0.962 bits per heavy atom. The topological polar surface area (TPSA) is 96.0 Å². The highest BCUT2D eigenvalue weighted by Gasteiger charge is 2.29. The fourth-order valence-corrected chi connectivity index (χ4v) is 5.80. The van der Waals surface area contributed by atoms with Gasteiger partial charge in [0, 0.05) is 23.7 Å². The number of ketones is 2. The molecule has 294 valence electrons. The summed E-state index contributed by atoms with van der Waals surface area (Å²) in [5.74, 6) is 3.16. The van der Waals surface area contributed by atoms with Crippen LogP contribution in [0.25, 0.3) is 5.57 Å². The van der Waals surface area contributed by atoms with Crippen LogP contribution in [0.2, 0.25) is 0 Å². The van der Waals surface area contributed by atoms with Crippen molar-refractivity contribution in [3.05, 3.63) is 102 Å². The minimum atomic E-state index is -0.787. The fraction of sp³-hybridized carbons (Fsp3) is 0.553. The molecule has 4 unspecified atom stereocenters. The van der Waals surface area contributed by atoms with Crippen LogP contribution in [-0.4, -0.2) is 33.5 Å². The average molecular weight is 728 g/mol. The number of amidine groups is 1. The Morgan fingerprint density at radius 3 is 2.00 bits per heavy atom. The van der Waals surface area contributed by atoms with E-state index in [1.54, 1.807) is 13.1 Å². The summed E-state index contributed by atoms with van der Waals surface area (Å²) >= 11 is 0. The molecule has 3 rings (SSSR count). The van der Waals surface area contributed by atoms with Gasteiger partial charge >= 0.3 is 0 Å². The third kappa shape index (κ3) is 16.8. The van der Waals surface area contributed by atoms with Crippen molar-refractivity contribution in [1.82, 2.24) is 4.90 Å². The smallest absolute Gasteiger partial charge is 0.159 e. The summed E-state index contributed by atoms with van der Waals surface area (Å²) in [4.78, 5) is 28.4. The first-order valence-electron chi connectivity index (χ1n) is 20.1. The molecule has 1 heterocycles. The molecule has 1 fully saturated rings. The number of nitrogens with two attached hydrogens (primary N) is 1. The van der Waals surface area contributed by atoms with E-state index < -0.39 is 6.10 Å². The lowest BCUT2D eigenvalue weighted by Crippen LogP contribution is -2.34. The van der Waals surface area contributed by atoms with Gasteiger partial charge in [-0.2, -0.15) is 0 Å². The van der Waals surface area contributed by atoms with Crippen molar-refractivity contribution in [3.63, 3.8) is 0 Å². The summed E-state index contributed by atoms with van der Waals surface area (Å²) in [6, 6.07) is 7.88. The van der Waals surface area contributed by atoms with Gasteiger partial charge in [0.15, 0.2) is 11.6 Å². The molecule has 1 aromatic rings. The molecule has 53 heavy (non-hydrogen) atoms. The molecule has 0 spiro atoms. The molecule has 6 nitrogen and oxygen atoms in total. The van der Waals surface area contributed by atoms with Gasteiger partial charge in [0.2, 0.25) is 0 Å². The van der Waals surface area contributed by atoms with Crippen molar-refractivity contribution in [1.29, 1.82) is 0 Å². The van der Waals surface area contributed by atoms with Gasteiger partial charge in [-0.25, -0.2) is 4.99 Å². The molecule has 0 amide bonds. The monoisotopic (exact) mass is 728 g/mol. The van der Waals surface area contributed by atoms with Crippen molar-refractivity contribution >= 4 is 23.0 Å². The van der Waals surface area contributed by atoms with Gasteiger partial charge in [-0.1, -0.05) is 129 Å². The minimum absolute atomic E-state index is 0.0685. The van der Waals surface area contributed by atoms with Crippen molar-refractivity contribution in [2.24, 2.45) is 40.3 Å². The molecule has 0 radical (unpaired) electrons. The van der Waals surface area contributed by atoms with Crippen LogP contribution in [0.4, 0.5) is 0 Å². The van der Waals surface area contributed by atoms with E-state index in [9.17, 15) is 9.59 Å². The third-order valence-electron chi connectivity index (χ3n) is 10.1. The lowest BCUT2D eigenvalue weighted by molar-refractivity contribution is -0.124. The summed E-state index contributed by atoms with van der Waals surface area (Å²) in [6.07, 6.45) is 20.3. The number of benzene rings is 1. The second kappa shape index (κ2) is 24.5. The number of carbonyl (C=O) groups excluding carboxylic acids is 2. The molecule has 6 heteroatoms. The van der Waals surface area contributed by atoms with E-state index in [2.05, 4.69) is 96.7 Å². The summed E-state index contributed by atoms with van der Waals surface area (Å²) in [5, 5.41) is 8.28. The lowest BCUT2D eigenvalue weighted by atomic mass is 9.85. The number of rotatable bonds is 18. The number of nitrogens with zero attached hydrogens (tertiary/aromatic N) is 2. The van der Waals surface area contributed by atoms with Gasteiger partial charge in [0.1, 0.15) is 11.9 Å². The maximum absolute atomic E-state index is 11.8. The van der Waals surface area contributed by atoms with Crippen molar-refractivity contribution in [2.75, 3.05) is 0 Å². The van der Waals surface area contributed by atoms with E-state index in [1.807, 2.05) is 30.5 Å². The van der Waals surface area contributed by atoms with E-state index in [4.69, 9.17) is 10.8 Å². The Kier molecular flexibility index (Phi) is 21.9. The largest absolute Gasteiger partial charge is 0.386 e. The van der Waals surface area contributed by atoms with E-state index in [0.29, 0.717) is 29.2 Å². The van der Waals surface area contributed by atoms with Crippen LogP contribution in [0, 0.1) is 29.6 Å². The molecule has 1 aromatic carbocycles. The van der Waals surface area contributed by atoms with Crippen LogP contribution in [0.5, 0.6) is 0 Å². The summed E-state index contributed by atoms with van der Waals surface area (Å²) in [5.41, 5.74) is 14.3. The number of hydrogen-bond donors (Lipinski definition) is 2. The minimum Gasteiger partial charge on any atom is -0.386 e. The third-order valence-corrected chi connectivity index (χ3v) is 10.1. The Balaban J connectivity index is 0.000000602. The first-order chi connectivity index (χ1) is 25.0. The number of allylic oxidation sites excluding steroid dienone is 7. The maximum atomic E-state index is 11.8. The van der Waals surface area contributed by atoms with E-state index in [-0.39, 0.29) is 17.5 Å². The Hall–Kier alpha value is -3.77. The first-order valence-corrected chi connectivity index (χ1v) is 20.1. The highest BCUT2D eigenvalue weighted by atomic mass is 16.3. The highest BCUT2D eigenvalue weighted by molar-refractivity contribution is 6.05. The second-order valence-electron chi connectivity index (χ2n) is 15.3. The van der Waals surface area contributed by atoms with Gasteiger partial charge in [-0.3, -0.25) is 9.59 Å². The van der Waals surface area contributed by atoms with Crippen LogP contribution >= 0.6 is 0 Å². The molecule has 3 N–H and O–H groups in total. The summed E-state index contributed by atoms with van der Waals surface area (Å²) in [7, 11) is 0. The molecule has 1 saturated carbocycles. The molecule has 1 aliphatic heterocycles. The Bertz CT molecular complexity index is 1480. The first kappa shape index (κ1) is 47.3. The van der Waals surface area contributed by atoms with Crippen LogP contribution in [0.1, 0.15) is 150 Å². The lowest BCUT2D eigenvalue weighted by Gasteiger charge is -2.36. The number of aliphatic hydroxyl groups excluding tert-OH is 1. The second-order valence-corrected chi connectivity index (χ2v) is 15.3. The molecular weight excluding hydrogens is 655 g/mol. The SMILES string of the molecule is C=C(/C=C(\C=C/CC)C1CC1)CC.C=C(C(CCC(C)C)CC(C)CC)N1C=CN=C(N)/C1=C(\c1ccc(C(C)=O)cc1)C(C)CC.CC(=O)C(C)O. The number of carbonyl (C=O) groups is 2. The number of Topliss-reactive ketones (excluding diaryl/α,β-unsaturated/α-hetero) is 2. The predicted octanol–water partition coefficient (Wildman–Crippen LogP) is 12.0. The summed E-state index contributed by atoms with van der Waals surface area (Å²) in [6.45, 7) is 30.9. The summed E-state index contributed by atoms with van der Waals surface area (Å²) < 4.78 is 0. The zero-order valence-corrected chi connectivity index (χ0v) is 35.2. The van der Waals surface area contributed by atoms with Gasteiger partial charge in [0.05, 0.1) is 5.70 Å². The maximum Gasteiger partial charge on any atom is 0.159 e. The van der Waals surface area contributed by atoms with Crippen molar-refractivity contribution in [2.45, 2.75) is 140 Å².